The minimum Gasteiger partial charge on any atom is -0.377 e. The van der Waals surface area contributed by atoms with Gasteiger partial charge in [0, 0.05) is 37.8 Å². The van der Waals surface area contributed by atoms with Gasteiger partial charge in [0.15, 0.2) is 5.76 Å². The highest BCUT2D eigenvalue weighted by Gasteiger charge is 2.39. The highest BCUT2D eigenvalue weighted by atomic mass is 16.5. The number of methoxy groups -OCH3 is 1. The third-order valence-corrected chi connectivity index (χ3v) is 4.16. The summed E-state index contributed by atoms with van der Waals surface area (Å²) in [6, 6.07) is 3.67. The highest BCUT2D eigenvalue weighted by molar-refractivity contribution is 5.07. The van der Waals surface area contributed by atoms with Crippen molar-refractivity contribution < 1.29 is 9.26 Å². The molecule has 0 aliphatic carbocycles. The van der Waals surface area contributed by atoms with Crippen LogP contribution in [0.1, 0.15) is 37.1 Å². The Hall–Kier alpha value is -0.910. The first-order valence-corrected chi connectivity index (χ1v) is 6.71. The molecule has 2 unspecified atom stereocenters. The molecule has 2 fully saturated rings. The molecular formula is C13H21N3O2. The van der Waals surface area contributed by atoms with E-state index >= 15 is 0 Å². The van der Waals surface area contributed by atoms with E-state index in [9.17, 15) is 0 Å². The fraction of sp³-hybridized carbons (Fsp3) is 0.769. The molecule has 0 aromatic carbocycles. The molecule has 3 rings (SSSR count). The number of nitrogens with two attached hydrogens (primary N) is 1. The predicted molar refractivity (Wildman–Crippen MR) is 66.8 cm³/mol. The van der Waals surface area contributed by atoms with Gasteiger partial charge in [0.2, 0.25) is 0 Å². The van der Waals surface area contributed by atoms with Crippen LogP contribution in [0.3, 0.4) is 0 Å². The monoisotopic (exact) mass is 251 g/mol. The largest absolute Gasteiger partial charge is 0.377 e. The van der Waals surface area contributed by atoms with Crippen LogP contribution in [0.25, 0.3) is 0 Å². The quantitative estimate of drug-likeness (QED) is 0.873. The number of nitrogens with zero attached hydrogens (tertiary/aromatic N) is 2. The topological polar surface area (TPSA) is 64.5 Å². The van der Waals surface area contributed by atoms with Crippen molar-refractivity contribution in [1.82, 2.24) is 10.1 Å². The number of rotatable bonds is 4. The number of aromatic nitrogens is 1. The molecule has 100 valence electrons. The summed E-state index contributed by atoms with van der Waals surface area (Å²) in [5.41, 5.74) is 7.09. The van der Waals surface area contributed by atoms with Crippen molar-refractivity contribution >= 4 is 0 Å². The summed E-state index contributed by atoms with van der Waals surface area (Å²) in [6.07, 6.45) is 4.81. The van der Waals surface area contributed by atoms with E-state index < -0.39 is 0 Å². The zero-order valence-corrected chi connectivity index (χ0v) is 10.8. The number of fused-ring (bicyclic) bond motifs is 2. The van der Waals surface area contributed by atoms with Crippen LogP contribution in [0.4, 0.5) is 0 Å². The summed E-state index contributed by atoms with van der Waals surface area (Å²) < 4.78 is 10.3. The molecule has 18 heavy (non-hydrogen) atoms. The summed E-state index contributed by atoms with van der Waals surface area (Å²) in [5, 5.41) is 4.12. The lowest BCUT2D eigenvalue weighted by Gasteiger charge is -2.37. The number of hydrogen-bond donors (Lipinski definition) is 1. The molecule has 2 bridgehead atoms. The normalized spacial score (nSPS) is 32.0. The molecule has 5 heteroatoms. The van der Waals surface area contributed by atoms with Gasteiger partial charge in [-0.3, -0.25) is 4.90 Å². The maximum Gasteiger partial charge on any atom is 0.162 e. The molecule has 0 spiro atoms. The lowest BCUT2D eigenvalue weighted by atomic mass is 9.98. The zero-order valence-electron chi connectivity index (χ0n) is 10.8. The fourth-order valence-electron chi connectivity index (χ4n) is 3.40. The molecule has 0 radical (unpaired) electrons. The van der Waals surface area contributed by atoms with E-state index in [0.717, 1.165) is 30.8 Å². The second-order valence-corrected chi connectivity index (χ2v) is 5.51. The van der Waals surface area contributed by atoms with Crippen molar-refractivity contribution in [3.05, 3.63) is 17.5 Å². The fourth-order valence-corrected chi connectivity index (χ4v) is 3.40. The summed E-state index contributed by atoms with van der Waals surface area (Å²) in [7, 11) is 1.66. The van der Waals surface area contributed by atoms with Crippen LogP contribution in [-0.4, -0.2) is 35.3 Å². The number of piperidine rings is 1. The summed E-state index contributed by atoms with van der Waals surface area (Å²) >= 11 is 0. The van der Waals surface area contributed by atoms with E-state index in [1.54, 1.807) is 7.11 Å². The second kappa shape index (κ2) is 4.99. The van der Waals surface area contributed by atoms with E-state index in [1.807, 2.05) is 6.07 Å². The Morgan fingerprint density at radius 3 is 2.83 bits per heavy atom. The van der Waals surface area contributed by atoms with Crippen molar-refractivity contribution in [2.24, 2.45) is 5.73 Å². The Morgan fingerprint density at radius 1 is 1.44 bits per heavy atom. The van der Waals surface area contributed by atoms with Gasteiger partial charge < -0.3 is 15.0 Å². The molecule has 2 saturated heterocycles. The molecule has 3 heterocycles. The molecule has 2 N–H and O–H groups in total. The van der Waals surface area contributed by atoms with Gasteiger partial charge in [-0.2, -0.15) is 0 Å². The van der Waals surface area contributed by atoms with E-state index in [4.69, 9.17) is 15.0 Å². The maximum atomic E-state index is 6.08. The van der Waals surface area contributed by atoms with Crippen molar-refractivity contribution in [3.8, 4) is 0 Å². The molecule has 1 aromatic rings. The first kappa shape index (κ1) is 12.1. The standard InChI is InChI=1S/C13H21N3O2/c1-17-8-13-6-10(15-18-13)7-16-11-2-3-12(16)5-9(14)4-11/h6,9,11-12H,2-5,7-8,14H2,1H3. The van der Waals surface area contributed by atoms with E-state index in [-0.39, 0.29) is 0 Å². The minimum absolute atomic E-state index is 0.389. The molecule has 0 amide bonds. The van der Waals surface area contributed by atoms with Gasteiger partial charge in [0.25, 0.3) is 0 Å². The van der Waals surface area contributed by atoms with Crippen molar-refractivity contribution in [2.45, 2.75) is 57.0 Å². The van der Waals surface area contributed by atoms with Crippen molar-refractivity contribution in [2.75, 3.05) is 7.11 Å². The third-order valence-electron chi connectivity index (χ3n) is 4.16. The SMILES string of the molecule is COCc1cc(CN2C3CCC2CC(N)C3)no1. The second-order valence-electron chi connectivity index (χ2n) is 5.51. The van der Waals surface area contributed by atoms with Gasteiger partial charge in [-0.25, -0.2) is 0 Å². The lowest BCUT2D eigenvalue weighted by Crippen LogP contribution is -2.46. The highest BCUT2D eigenvalue weighted by Crippen LogP contribution is 2.36. The van der Waals surface area contributed by atoms with E-state index in [0.29, 0.717) is 24.7 Å². The average Bonchev–Trinajstić information content (AvgIpc) is 2.85. The summed E-state index contributed by atoms with van der Waals surface area (Å²) in [6.45, 7) is 1.37. The predicted octanol–water partition coefficient (Wildman–Crippen LogP) is 1.28. The smallest absolute Gasteiger partial charge is 0.162 e. The van der Waals surface area contributed by atoms with Crippen LogP contribution in [0.2, 0.25) is 0 Å². The minimum atomic E-state index is 0.389. The van der Waals surface area contributed by atoms with Gasteiger partial charge in [-0.05, 0) is 25.7 Å². The average molecular weight is 251 g/mol. The van der Waals surface area contributed by atoms with Crippen LogP contribution in [0, 0.1) is 0 Å². The third kappa shape index (κ3) is 2.30. The van der Waals surface area contributed by atoms with E-state index in [2.05, 4.69) is 10.1 Å². The molecule has 5 nitrogen and oxygen atoms in total. The summed E-state index contributed by atoms with van der Waals surface area (Å²) in [5.74, 6) is 0.800. The van der Waals surface area contributed by atoms with Crippen LogP contribution in [-0.2, 0) is 17.9 Å². The van der Waals surface area contributed by atoms with Crippen LogP contribution >= 0.6 is 0 Å². The van der Waals surface area contributed by atoms with Crippen molar-refractivity contribution in [3.63, 3.8) is 0 Å². The molecule has 1 aromatic heterocycles. The molecule has 2 atom stereocenters. The first-order valence-electron chi connectivity index (χ1n) is 6.71. The number of ether oxygens (including phenoxy) is 1. The molecule has 2 aliphatic rings. The van der Waals surface area contributed by atoms with Gasteiger partial charge >= 0.3 is 0 Å². The Balaban J connectivity index is 1.65. The lowest BCUT2D eigenvalue weighted by molar-refractivity contribution is 0.116. The van der Waals surface area contributed by atoms with Gasteiger partial charge in [0.05, 0.1) is 5.69 Å². The molecule has 2 aliphatic heterocycles. The van der Waals surface area contributed by atoms with Crippen LogP contribution in [0.5, 0.6) is 0 Å². The van der Waals surface area contributed by atoms with Crippen molar-refractivity contribution in [1.29, 1.82) is 0 Å². The van der Waals surface area contributed by atoms with Gasteiger partial charge in [0.1, 0.15) is 6.61 Å². The first-order chi connectivity index (χ1) is 8.76. The molecule has 0 saturated carbocycles. The Morgan fingerprint density at radius 2 is 2.17 bits per heavy atom. The van der Waals surface area contributed by atoms with Gasteiger partial charge in [-0.1, -0.05) is 5.16 Å². The molecular weight excluding hydrogens is 230 g/mol. The maximum absolute atomic E-state index is 6.08. The Bertz CT molecular complexity index is 393. The number of hydrogen-bond acceptors (Lipinski definition) is 5. The van der Waals surface area contributed by atoms with Gasteiger partial charge in [-0.15, -0.1) is 0 Å². The summed E-state index contributed by atoms with van der Waals surface area (Å²) in [4.78, 5) is 2.55. The zero-order chi connectivity index (χ0) is 12.5. The van der Waals surface area contributed by atoms with E-state index in [1.165, 1.54) is 12.8 Å². The van der Waals surface area contributed by atoms with Crippen LogP contribution < -0.4 is 5.73 Å². The Labute approximate surface area is 107 Å². The van der Waals surface area contributed by atoms with Crippen LogP contribution in [0.15, 0.2) is 10.6 Å². The Kier molecular flexibility index (Phi) is 3.37.